The monoisotopic (exact) mass is 282 g/mol. The standard InChI is InChI=1S/C17H22N4/c1-13-5-4-6-16(15(13)3)20-7-9-21(10-8-20)17-11-14(2)18-12-19-17/h4-6,11-12H,7-10H2,1-3H3. The lowest BCUT2D eigenvalue weighted by Gasteiger charge is -2.37. The number of rotatable bonds is 2. The van der Waals surface area contributed by atoms with Gasteiger partial charge in [-0.3, -0.25) is 0 Å². The highest BCUT2D eigenvalue weighted by molar-refractivity contribution is 5.57. The van der Waals surface area contributed by atoms with Crippen molar-refractivity contribution in [3.8, 4) is 0 Å². The zero-order chi connectivity index (χ0) is 14.8. The van der Waals surface area contributed by atoms with Crippen LogP contribution >= 0.6 is 0 Å². The van der Waals surface area contributed by atoms with Crippen molar-refractivity contribution in [3.05, 3.63) is 47.4 Å². The molecule has 0 radical (unpaired) electrons. The Hall–Kier alpha value is -2.10. The highest BCUT2D eigenvalue weighted by atomic mass is 15.3. The molecule has 0 spiro atoms. The van der Waals surface area contributed by atoms with E-state index in [0.717, 1.165) is 37.7 Å². The lowest BCUT2D eigenvalue weighted by atomic mass is 10.1. The molecular formula is C17H22N4. The van der Waals surface area contributed by atoms with Crippen molar-refractivity contribution in [1.82, 2.24) is 9.97 Å². The van der Waals surface area contributed by atoms with Crippen LogP contribution in [0.1, 0.15) is 16.8 Å². The fraction of sp³-hybridized carbons (Fsp3) is 0.412. The number of hydrogen-bond acceptors (Lipinski definition) is 4. The molecule has 1 aromatic carbocycles. The second kappa shape index (κ2) is 5.72. The summed E-state index contributed by atoms with van der Waals surface area (Å²) in [5.41, 5.74) is 5.15. The van der Waals surface area contributed by atoms with Crippen molar-refractivity contribution in [1.29, 1.82) is 0 Å². The average molecular weight is 282 g/mol. The SMILES string of the molecule is Cc1cc(N2CCN(c3cccc(C)c3C)CC2)ncn1. The Morgan fingerprint density at radius 1 is 0.905 bits per heavy atom. The largest absolute Gasteiger partial charge is 0.368 e. The molecule has 0 N–H and O–H groups in total. The first-order valence-corrected chi connectivity index (χ1v) is 7.50. The van der Waals surface area contributed by atoms with E-state index in [1.807, 2.05) is 6.92 Å². The summed E-state index contributed by atoms with van der Waals surface area (Å²) >= 11 is 0. The van der Waals surface area contributed by atoms with Crippen molar-refractivity contribution in [3.63, 3.8) is 0 Å². The third-order valence-electron chi connectivity index (χ3n) is 4.31. The molecular weight excluding hydrogens is 260 g/mol. The van der Waals surface area contributed by atoms with E-state index in [2.05, 4.69) is 57.9 Å². The quantitative estimate of drug-likeness (QED) is 0.848. The van der Waals surface area contributed by atoms with Crippen LogP contribution in [0.2, 0.25) is 0 Å². The smallest absolute Gasteiger partial charge is 0.132 e. The van der Waals surface area contributed by atoms with E-state index in [1.54, 1.807) is 6.33 Å². The number of aryl methyl sites for hydroxylation is 2. The van der Waals surface area contributed by atoms with Crippen LogP contribution in [0.5, 0.6) is 0 Å². The van der Waals surface area contributed by atoms with Gasteiger partial charge in [0, 0.05) is 43.6 Å². The van der Waals surface area contributed by atoms with E-state index >= 15 is 0 Å². The highest BCUT2D eigenvalue weighted by Gasteiger charge is 2.19. The van der Waals surface area contributed by atoms with Crippen LogP contribution in [0, 0.1) is 20.8 Å². The third kappa shape index (κ3) is 2.84. The Morgan fingerprint density at radius 2 is 1.62 bits per heavy atom. The van der Waals surface area contributed by atoms with Crippen LogP contribution in [0.25, 0.3) is 0 Å². The normalized spacial score (nSPS) is 15.4. The van der Waals surface area contributed by atoms with Gasteiger partial charge in [0.15, 0.2) is 0 Å². The number of hydrogen-bond donors (Lipinski definition) is 0. The summed E-state index contributed by atoms with van der Waals surface area (Å²) in [4.78, 5) is 13.4. The van der Waals surface area contributed by atoms with Gasteiger partial charge in [-0.05, 0) is 38.0 Å². The predicted molar refractivity (Wildman–Crippen MR) is 87.1 cm³/mol. The van der Waals surface area contributed by atoms with Crippen LogP contribution < -0.4 is 9.80 Å². The lowest BCUT2D eigenvalue weighted by molar-refractivity contribution is 0.645. The van der Waals surface area contributed by atoms with Gasteiger partial charge < -0.3 is 9.80 Å². The van der Waals surface area contributed by atoms with E-state index in [4.69, 9.17) is 0 Å². The van der Waals surface area contributed by atoms with Crippen molar-refractivity contribution < 1.29 is 0 Å². The molecule has 1 fully saturated rings. The fourth-order valence-corrected chi connectivity index (χ4v) is 2.87. The minimum atomic E-state index is 1.00. The fourth-order valence-electron chi connectivity index (χ4n) is 2.87. The van der Waals surface area contributed by atoms with Crippen LogP contribution in [-0.2, 0) is 0 Å². The molecule has 0 atom stereocenters. The van der Waals surface area contributed by atoms with E-state index in [9.17, 15) is 0 Å². The van der Waals surface area contributed by atoms with Crippen molar-refractivity contribution >= 4 is 11.5 Å². The van der Waals surface area contributed by atoms with Gasteiger partial charge in [0.25, 0.3) is 0 Å². The summed E-state index contributed by atoms with van der Waals surface area (Å²) in [5, 5.41) is 0. The van der Waals surface area contributed by atoms with Gasteiger partial charge in [0.1, 0.15) is 12.1 Å². The first-order chi connectivity index (χ1) is 10.1. The van der Waals surface area contributed by atoms with Crippen molar-refractivity contribution in [2.75, 3.05) is 36.0 Å². The van der Waals surface area contributed by atoms with E-state index in [0.29, 0.717) is 0 Å². The number of piperazine rings is 1. The minimum Gasteiger partial charge on any atom is -0.368 e. The first-order valence-electron chi connectivity index (χ1n) is 7.50. The molecule has 1 aliphatic heterocycles. The second-order valence-corrected chi connectivity index (χ2v) is 5.71. The molecule has 0 amide bonds. The third-order valence-corrected chi connectivity index (χ3v) is 4.31. The van der Waals surface area contributed by atoms with Crippen LogP contribution in [0.4, 0.5) is 11.5 Å². The molecule has 1 saturated heterocycles. The summed E-state index contributed by atoms with van der Waals surface area (Å²) in [7, 11) is 0. The number of anilines is 2. The van der Waals surface area contributed by atoms with E-state index < -0.39 is 0 Å². The van der Waals surface area contributed by atoms with Gasteiger partial charge in [0.2, 0.25) is 0 Å². The van der Waals surface area contributed by atoms with Gasteiger partial charge in [-0.1, -0.05) is 12.1 Å². The molecule has 4 heteroatoms. The zero-order valence-corrected chi connectivity index (χ0v) is 13.0. The summed E-state index contributed by atoms with van der Waals surface area (Å²) < 4.78 is 0. The molecule has 0 saturated carbocycles. The molecule has 21 heavy (non-hydrogen) atoms. The summed E-state index contributed by atoms with van der Waals surface area (Å²) in [6.07, 6.45) is 1.65. The minimum absolute atomic E-state index is 1.00. The van der Waals surface area contributed by atoms with Crippen molar-refractivity contribution in [2.24, 2.45) is 0 Å². The van der Waals surface area contributed by atoms with Crippen LogP contribution in [0.3, 0.4) is 0 Å². The molecule has 4 nitrogen and oxygen atoms in total. The molecule has 3 rings (SSSR count). The number of nitrogens with zero attached hydrogens (tertiary/aromatic N) is 4. The van der Waals surface area contributed by atoms with Crippen LogP contribution in [-0.4, -0.2) is 36.1 Å². The van der Waals surface area contributed by atoms with E-state index in [1.165, 1.54) is 16.8 Å². The highest BCUT2D eigenvalue weighted by Crippen LogP contribution is 2.24. The maximum Gasteiger partial charge on any atom is 0.132 e. The summed E-state index contributed by atoms with van der Waals surface area (Å²) in [6.45, 7) is 10.5. The summed E-state index contributed by atoms with van der Waals surface area (Å²) in [6, 6.07) is 8.62. The lowest BCUT2D eigenvalue weighted by Crippen LogP contribution is -2.47. The zero-order valence-electron chi connectivity index (χ0n) is 13.0. The maximum absolute atomic E-state index is 4.39. The Labute approximate surface area is 126 Å². The number of benzene rings is 1. The van der Waals surface area contributed by atoms with Gasteiger partial charge in [-0.25, -0.2) is 9.97 Å². The van der Waals surface area contributed by atoms with Gasteiger partial charge >= 0.3 is 0 Å². The number of aromatic nitrogens is 2. The summed E-state index contributed by atoms with van der Waals surface area (Å²) in [5.74, 6) is 1.04. The Balaban J connectivity index is 1.72. The Bertz CT molecular complexity index is 630. The molecule has 2 heterocycles. The van der Waals surface area contributed by atoms with Gasteiger partial charge in [0.05, 0.1) is 0 Å². The predicted octanol–water partition coefficient (Wildman–Crippen LogP) is 2.73. The molecule has 0 bridgehead atoms. The molecule has 0 unspecified atom stereocenters. The van der Waals surface area contributed by atoms with E-state index in [-0.39, 0.29) is 0 Å². The molecule has 1 aliphatic rings. The molecule has 2 aromatic rings. The van der Waals surface area contributed by atoms with Crippen molar-refractivity contribution in [2.45, 2.75) is 20.8 Å². The molecule has 1 aromatic heterocycles. The van der Waals surface area contributed by atoms with Gasteiger partial charge in [-0.15, -0.1) is 0 Å². The second-order valence-electron chi connectivity index (χ2n) is 5.71. The molecule has 110 valence electrons. The maximum atomic E-state index is 4.39. The Morgan fingerprint density at radius 3 is 2.33 bits per heavy atom. The average Bonchev–Trinajstić information content (AvgIpc) is 2.50. The molecule has 0 aliphatic carbocycles. The Kier molecular flexibility index (Phi) is 3.78. The topological polar surface area (TPSA) is 32.3 Å². The first kappa shape index (κ1) is 13.9. The van der Waals surface area contributed by atoms with Crippen LogP contribution in [0.15, 0.2) is 30.6 Å². The van der Waals surface area contributed by atoms with Gasteiger partial charge in [-0.2, -0.15) is 0 Å².